The van der Waals surface area contributed by atoms with Crippen LogP contribution in [0, 0.1) is 11.8 Å². The van der Waals surface area contributed by atoms with Gasteiger partial charge in [0.2, 0.25) is 11.8 Å². The van der Waals surface area contributed by atoms with Crippen molar-refractivity contribution >= 4 is 11.8 Å². The summed E-state index contributed by atoms with van der Waals surface area (Å²) >= 11 is 0. The maximum atomic E-state index is 12.9. The van der Waals surface area contributed by atoms with Crippen LogP contribution in [-0.2, 0) is 15.0 Å². The van der Waals surface area contributed by atoms with Crippen LogP contribution in [0.15, 0.2) is 24.3 Å². The van der Waals surface area contributed by atoms with Gasteiger partial charge >= 0.3 is 0 Å². The van der Waals surface area contributed by atoms with Gasteiger partial charge in [-0.05, 0) is 50.3 Å². The second-order valence-electron chi connectivity index (χ2n) is 10.3. The third-order valence-electron chi connectivity index (χ3n) is 6.83. The molecule has 0 spiro atoms. The van der Waals surface area contributed by atoms with Crippen molar-refractivity contribution < 1.29 is 14.3 Å². The van der Waals surface area contributed by atoms with Crippen molar-refractivity contribution in [1.29, 1.82) is 0 Å². The number of carbonyl (C=O) groups excluding carboxylic acids is 2. The Morgan fingerprint density at radius 1 is 1.06 bits per heavy atom. The first-order valence-corrected chi connectivity index (χ1v) is 12.3. The molecule has 2 amide bonds. The molecule has 178 valence electrons. The van der Waals surface area contributed by atoms with Crippen molar-refractivity contribution in [2.24, 2.45) is 11.8 Å². The molecular weight excluding hydrogens is 402 g/mol. The molecule has 1 saturated heterocycles. The second kappa shape index (κ2) is 11.2. The van der Waals surface area contributed by atoms with Crippen LogP contribution in [0.25, 0.3) is 0 Å². The smallest absolute Gasteiger partial charge is 0.230 e. The Hall–Kier alpha value is -2.08. The minimum Gasteiger partial charge on any atom is -0.493 e. The van der Waals surface area contributed by atoms with Gasteiger partial charge < -0.3 is 15.0 Å². The molecule has 1 aliphatic heterocycles. The number of nitrogens with zero attached hydrogens (tertiary/aromatic N) is 2. The molecule has 2 fully saturated rings. The van der Waals surface area contributed by atoms with E-state index >= 15 is 0 Å². The fraction of sp³-hybridized carbons (Fsp3) is 0.692. The minimum absolute atomic E-state index is 0.0309. The van der Waals surface area contributed by atoms with E-state index in [0.29, 0.717) is 25.0 Å². The summed E-state index contributed by atoms with van der Waals surface area (Å²) in [6, 6.07) is 7.85. The van der Waals surface area contributed by atoms with E-state index in [4.69, 9.17) is 4.74 Å². The number of nitrogens with one attached hydrogen (secondary N) is 1. The summed E-state index contributed by atoms with van der Waals surface area (Å²) in [5, 5.41) is 3.11. The van der Waals surface area contributed by atoms with E-state index in [1.54, 1.807) is 0 Å². The lowest BCUT2D eigenvalue weighted by atomic mass is 9.83. The van der Waals surface area contributed by atoms with E-state index in [9.17, 15) is 9.59 Å². The van der Waals surface area contributed by atoms with Crippen LogP contribution in [0.3, 0.4) is 0 Å². The van der Waals surface area contributed by atoms with Gasteiger partial charge in [-0.1, -0.05) is 38.8 Å². The molecule has 6 nitrogen and oxygen atoms in total. The zero-order chi connectivity index (χ0) is 23.1. The first-order chi connectivity index (χ1) is 15.3. The summed E-state index contributed by atoms with van der Waals surface area (Å²) in [5.41, 5.74) is 0.370. The fourth-order valence-electron chi connectivity index (χ4n) is 4.53. The Kier molecular flexibility index (Phi) is 8.57. The molecule has 0 bridgehead atoms. The van der Waals surface area contributed by atoms with E-state index in [0.717, 1.165) is 56.9 Å². The third kappa shape index (κ3) is 6.47. The molecule has 2 aliphatic rings. The van der Waals surface area contributed by atoms with Crippen molar-refractivity contribution in [3.05, 3.63) is 29.8 Å². The Morgan fingerprint density at radius 2 is 1.69 bits per heavy atom. The Labute approximate surface area is 193 Å². The largest absolute Gasteiger partial charge is 0.493 e. The first-order valence-electron chi connectivity index (χ1n) is 12.3. The number of carbonyl (C=O) groups is 2. The first kappa shape index (κ1) is 24.6. The fourth-order valence-corrected chi connectivity index (χ4v) is 4.53. The van der Waals surface area contributed by atoms with Crippen LogP contribution < -0.4 is 10.1 Å². The molecule has 1 aliphatic carbocycles. The van der Waals surface area contributed by atoms with Crippen LogP contribution in [0.2, 0.25) is 0 Å². The van der Waals surface area contributed by atoms with E-state index in [1.807, 2.05) is 43.0 Å². The molecule has 1 N–H and O–H groups in total. The zero-order valence-corrected chi connectivity index (χ0v) is 20.4. The normalized spacial score (nSPS) is 18.2. The van der Waals surface area contributed by atoms with E-state index in [-0.39, 0.29) is 11.8 Å². The minimum atomic E-state index is -0.608. The number of piperazine rings is 1. The van der Waals surface area contributed by atoms with Crippen LogP contribution >= 0.6 is 0 Å². The average molecular weight is 444 g/mol. The predicted molar refractivity (Wildman–Crippen MR) is 128 cm³/mol. The lowest BCUT2D eigenvalue weighted by Crippen LogP contribution is -2.52. The predicted octanol–water partition coefficient (Wildman–Crippen LogP) is 3.45. The number of hydrogen-bond acceptors (Lipinski definition) is 4. The highest BCUT2D eigenvalue weighted by Crippen LogP contribution is 2.27. The Balaban J connectivity index is 1.40. The zero-order valence-electron chi connectivity index (χ0n) is 20.4. The number of hydrogen-bond donors (Lipinski definition) is 1. The topological polar surface area (TPSA) is 61.9 Å². The van der Waals surface area contributed by atoms with Crippen molar-refractivity contribution in [3.8, 4) is 5.75 Å². The molecule has 0 unspecified atom stereocenters. The SMILES string of the molecule is CC(C)COc1ccc(C(C)(C)C(=O)NCCN2CCN(C(=O)C3CCCC3)CC2)cc1. The highest BCUT2D eigenvalue weighted by atomic mass is 16.5. The maximum absolute atomic E-state index is 12.9. The summed E-state index contributed by atoms with van der Waals surface area (Å²) in [6.45, 7) is 13.7. The Morgan fingerprint density at radius 3 is 2.28 bits per heavy atom. The van der Waals surface area contributed by atoms with Crippen LogP contribution in [0.1, 0.15) is 58.9 Å². The van der Waals surface area contributed by atoms with Gasteiger partial charge in [0.1, 0.15) is 5.75 Å². The molecule has 1 aromatic carbocycles. The molecule has 0 atom stereocenters. The average Bonchev–Trinajstić information content (AvgIpc) is 3.33. The molecule has 3 rings (SSSR count). The highest BCUT2D eigenvalue weighted by Gasteiger charge is 2.31. The summed E-state index contributed by atoms with van der Waals surface area (Å²) in [5.74, 6) is 1.97. The van der Waals surface area contributed by atoms with Gasteiger partial charge in [-0.2, -0.15) is 0 Å². The number of benzene rings is 1. The number of ether oxygens (including phenoxy) is 1. The molecule has 0 radical (unpaired) electrons. The van der Waals surface area contributed by atoms with Gasteiger partial charge in [0.25, 0.3) is 0 Å². The summed E-state index contributed by atoms with van der Waals surface area (Å²) in [4.78, 5) is 29.9. The van der Waals surface area contributed by atoms with Gasteiger partial charge in [-0.25, -0.2) is 0 Å². The summed E-state index contributed by atoms with van der Waals surface area (Å²) in [6.07, 6.45) is 4.52. The van der Waals surface area contributed by atoms with Crippen molar-refractivity contribution in [2.75, 3.05) is 45.9 Å². The molecule has 1 aromatic rings. The van der Waals surface area contributed by atoms with E-state index in [1.165, 1.54) is 12.8 Å². The van der Waals surface area contributed by atoms with E-state index < -0.39 is 5.41 Å². The van der Waals surface area contributed by atoms with Gasteiger partial charge in [-0.3, -0.25) is 14.5 Å². The quantitative estimate of drug-likeness (QED) is 0.635. The molecule has 1 saturated carbocycles. The summed E-state index contributed by atoms with van der Waals surface area (Å²) in [7, 11) is 0. The lowest BCUT2D eigenvalue weighted by molar-refractivity contribution is -0.137. The van der Waals surface area contributed by atoms with Crippen molar-refractivity contribution in [3.63, 3.8) is 0 Å². The molecule has 6 heteroatoms. The maximum Gasteiger partial charge on any atom is 0.230 e. The van der Waals surface area contributed by atoms with Crippen LogP contribution in [-0.4, -0.2) is 67.5 Å². The molecule has 0 aromatic heterocycles. The number of amides is 2. The van der Waals surface area contributed by atoms with Gasteiger partial charge in [0.15, 0.2) is 0 Å². The Bertz CT molecular complexity index is 746. The second-order valence-corrected chi connectivity index (χ2v) is 10.3. The molecular formula is C26H41N3O3. The van der Waals surface area contributed by atoms with Gasteiger partial charge in [0, 0.05) is 45.2 Å². The molecule has 32 heavy (non-hydrogen) atoms. The summed E-state index contributed by atoms with van der Waals surface area (Å²) < 4.78 is 5.75. The molecule has 1 heterocycles. The lowest BCUT2D eigenvalue weighted by Gasteiger charge is -2.36. The highest BCUT2D eigenvalue weighted by molar-refractivity contribution is 5.87. The third-order valence-corrected chi connectivity index (χ3v) is 6.83. The monoisotopic (exact) mass is 443 g/mol. The van der Waals surface area contributed by atoms with Gasteiger partial charge in [0.05, 0.1) is 12.0 Å². The number of rotatable bonds is 9. The van der Waals surface area contributed by atoms with E-state index in [2.05, 4.69) is 24.1 Å². The van der Waals surface area contributed by atoms with Gasteiger partial charge in [-0.15, -0.1) is 0 Å². The standard InChI is InChI=1S/C26H41N3O3/c1-20(2)19-32-23-11-9-22(10-12-23)26(3,4)25(31)27-13-14-28-15-17-29(18-16-28)24(30)21-7-5-6-8-21/h9-12,20-21H,5-8,13-19H2,1-4H3,(H,27,31). The van der Waals surface area contributed by atoms with Crippen molar-refractivity contribution in [1.82, 2.24) is 15.1 Å². The van der Waals surface area contributed by atoms with Crippen LogP contribution in [0.4, 0.5) is 0 Å². The van der Waals surface area contributed by atoms with Crippen LogP contribution in [0.5, 0.6) is 5.75 Å². The van der Waals surface area contributed by atoms with Crippen molar-refractivity contribution in [2.45, 2.75) is 58.8 Å².